The van der Waals surface area contributed by atoms with Crippen LogP contribution in [0.15, 0.2) is 6.07 Å². The first kappa shape index (κ1) is 14.1. The van der Waals surface area contributed by atoms with Gasteiger partial charge in [-0.25, -0.2) is 0 Å². The van der Waals surface area contributed by atoms with Gasteiger partial charge in [-0.15, -0.1) is 0 Å². The van der Waals surface area contributed by atoms with Crippen molar-refractivity contribution in [1.29, 1.82) is 0 Å². The van der Waals surface area contributed by atoms with Gasteiger partial charge in [-0.3, -0.25) is 0 Å². The van der Waals surface area contributed by atoms with E-state index in [9.17, 15) is 0 Å². The van der Waals surface area contributed by atoms with Crippen molar-refractivity contribution in [3.8, 4) is 0 Å². The van der Waals surface area contributed by atoms with E-state index in [0.29, 0.717) is 0 Å². The van der Waals surface area contributed by atoms with Gasteiger partial charge >= 0.3 is 0 Å². The van der Waals surface area contributed by atoms with Gasteiger partial charge in [-0.2, -0.15) is 0 Å². The molecule has 1 aromatic rings. The molecule has 1 rings (SSSR count). The summed E-state index contributed by atoms with van der Waals surface area (Å²) in [6.45, 7) is 19.4. The molecule has 0 aliphatic carbocycles. The predicted molar refractivity (Wildman–Crippen MR) is 84.4 cm³/mol. The zero-order chi connectivity index (χ0) is 12.7. The van der Waals surface area contributed by atoms with Crippen molar-refractivity contribution >= 4 is 34.2 Å². The van der Waals surface area contributed by atoms with Gasteiger partial charge in [0.2, 0.25) is 0 Å². The summed E-state index contributed by atoms with van der Waals surface area (Å²) in [6.07, 6.45) is 0. The molecule has 0 unspecified atom stereocenters. The average Bonchev–Trinajstić information content (AvgIpc) is 2.05. The van der Waals surface area contributed by atoms with Crippen LogP contribution in [0.3, 0.4) is 0 Å². The third kappa shape index (κ3) is 3.06. The second-order valence-corrected chi connectivity index (χ2v) is 18.8. The molecule has 0 saturated carbocycles. The van der Waals surface area contributed by atoms with Crippen LogP contribution in [-0.4, -0.2) is 16.1 Å². The molecule has 0 aliphatic rings. The standard InChI is InChI=1S/C13H25PSi2/c1-10-9-12(15(3,4)5)14-13(11(10)2)16(6,7)8/h9H,1-8H3. The second kappa shape index (κ2) is 4.40. The molecular formula is C13H25PSi2. The Labute approximate surface area is 105 Å². The first-order chi connectivity index (χ1) is 7.03. The molecule has 0 N–H and O–H groups in total. The summed E-state index contributed by atoms with van der Waals surface area (Å²) in [5.74, 6) is 0. The molecule has 0 saturated heterocycles. The van der Waals surface area contributed by atoms with Gasteiger partial charge in [0.15, 0.2) is 0 Å². The Morgan fingerprint density at radius 1 is 0.875 bits per heavy atom. The lowest BCUT2D eigenvalue weighted by Crippen LogP contribution is -2.43. The molecule has 1 heterocycles. The van der Waals surface area contributed by atoms with Crippen molar-refractivity contribution in [2.75, 3.05) is 0 Å². The van der Waals surface area contributed by atoms with E-state index in [1.807, 2.05) is 0 Å². The Hall–Kier alpha value is 0.0838. The van der Waals surface area contributed by atoms with Gasteiger partial charge in [0.1, 0.15) is 0 Å². The quantitative estimate of drug-likeness (QED) is 0.712. The van der Waals surface area contributed by atoms with Crippen LogP contribution in [0, 0.1) is 13.8 Å². The third-order valence-electron chi connectivity index (χ3n) is 3.01. The molecule has 0 radical (unpaired) electrons. The Bertz CT molecular complexity index is 398. The van der Waals surface area contributed by atoms with Crippen LogP contribution in [0.25, 0.3) is 0 Å². The highest BCUT2D eigenvalue weighted by atomic mass is 31.0. The maximum atomic E-state index is 2.47. The fourth-order valence-corrected chi connectivity index (χ4v) is 8.38. The summed E-state index contributed by atoms with van der Waals surface area (Å²) in [7, 11) is -0.738. The molecule has 0 spiro atoms. The SMILES string of the molecule is Cc1cc([Si](C)(C)C)pc([Si](C)(C)C)c1C. The van der Waals surface area contributed by atoms with Crippen molar-refractivity contribution < 1.29 is 0 Å². The lowest BCUT2D eigenvalue weighted by molar-refractivity contribution is 1.39. The van der Waals surface area contributed by atoms with Gasteiger partial charge in [-0.1, -0.05) is 53.5 Å². The molecular weight excluding hydrogens is 243 g/mol. The molecule has 0 bridgehead atoms. The number of hydrogen-bond donors (Lipinski definition) is 0. The van der Waals surface area contributed by atoms with Gasteiger partial charge < -0.3 is 0 Å². The Morgan fingerprint density at radius 2 is 1.38 bits per heavy atom. The zero-order valence-electron chi connectivity index (χ0n) is 12.0. The van der Waals surface area contributed by atoms with Crippen molar-refractivity contribution in [1.82, 2.24) is 0 Å². The fourth-order valence-electron chi connectivity index (χ4n) is 1.85. The summed E-state index contributed by atoms with van der Waals surface area (Å²) >= 11 is 0. The largest absolute Gasteiger partial charge is 0.0838 e. The van der Waals surface area contributed by atoms with E-state index in [4.69, 9.17) is 0 Å². The van der Waals surface area contributed by atoms with Crippen LogP contribution in [0.5, 0.6) is 0 Å². The second-order valence-electron chi connectivity index (χ2n) is 6.80. The summed E-state index contributed by atoms with van der Waals surface area (Å²) < 4.78 is 0. The van der Waals surface area contributed by atoms with Crippen molar-refractivity contribution in [2.45, 2.75) is 53.1 Å². The maximum Gasteiger partial charge on any atom is 0.0838 e. The lowest BCUT2D eigenvalue weighted by Gasteiger charge is -2.25. The van der Waals surface area contributed by atoms with Gasteiger partial charge in [0, 0.05) is 0 Å². The summed E-state index contributed by atoms with van der Waals surface area (Å²) in [5, 5.41) is 0. The minimum Gasteiger partial charge on any atom is -0.0782 e. The topological polar surface area (TPSA) is 0 Å². The van der Waals surface area contributed by atoms with E-state index >= 15 is 0 Å². The highest BCUT2D eigenvalue weighted by Gasteiger charge is 2.25. The summed E-state index contributed by atoms with van der Waals surface area (Å²) in [4.78, 5) is 3.47. The lowest BCUT2D eigenvalue weighted by atomic mass is 10.2. The molecule has 3 heteroatoms. The van der Waals surface area contributed by atoms with E-state index in [2.05, 4.69) is 59.2 Å². The number of rotatable bonds is 2. The Morgan fingerprint density at radius 3 is 1.75 bits per heavy atom. The highest BCUT2D eigenvalue weighted by molar-refractivity contribution is 7.49. The monoisotopic (exact) mass is 268 g/mol. The van der Waals surface area contributed by atoms with Gasteiger partial charge in [-0.05, 0) is 34.8 Å². The van der Waals surface area contributed by atoms with Crippen molar-refractivity contribution in [2.24, 2.45) is 0 Å². The van der Waals surface area contributed by atoms with E-state index < -0.39 is 16.1 Å². The minimum atomic E-state index is -1.15. The van der Waals surface area contributed by atoms with Gasteiger partial charge in [0.25, 0.3) is 0 Å². The van der Waals surface area contributed by atoms with Crippen LogP contribution >= 0.6 is 8.19 Å². The van der Waals surface area contributed by atoms with Crippen LogP contribution < -0.4 is 9.84 Å². The van der Waals surface area contributed by atoms with Crippen molar-refractivity contribution in [3.05, 3.63) is 17.2 Å². The Balaban J connectivity index is 3.46. The molecule has 90 valence electrons. The average molecular weight is 268 g/mol. The van der Waals surface area contributed by atoms with E-state index in [-0.39, 0.29) is 0 Å². The number of hydrogen-bond acceptors (Lipinski definition) is 0. The first-order valence-corrected chi connectivity index (χ1v) is 13.9. The maximum absolute atomic E-state index is 2.47. The smallest absolute Gasteiger partial charge is 0.0782 e. The zero-order valence-corrected chi connectivity index (χ0v) is 14.9. The molecule has 16 heavy (non-hydrogen) atoms. The molecule has 0 aromatic carbocycles. The minimum absolute atomic E-state index is 1.13. The molecule has 0 amide bonds. The first-order valence-electron chi connectivity index (χ1n) is 6.02. The Kier molecular flexibility index (Phi) is 3.89. The molecule has 0 aliphatic heterocycles. The normalized spacial score (nSPS) is 13.5. The fraction of sp³-hybridized carbons (Fsp3) is 0.615. The molecule has 0 fully saturated rings. The summed E-state index contributed by atoms with van der Waals surface area (Å²) in [6, 6.07) is 2.47. The molecule has 0 nitrogen and oxygen atoms in total. The van der Waals surface area contributed by atoms with Crippen LogP contribution in [0.2, 0.25) is 39.3 Å². The highest BCUT2D eigenvalue weighted by Crippen LogP contribution is 2.19. The van der Waals surface area contributed by atoms with Gasteiger partial charge in [0.05, 0.1) is 16.1 Å². The van der Waals surface area contributed by atoms with E-state index in [1.165, 1.54) is 5.56 Å². The van der Waals surface area contributed by atoms with E-state index in [0.717, 1.165) is 0 Å². The number of aryl methyl sites for hydroxylation is 1. The third-order valence-corrected chi connectivity index (χ3v) is 12.1. The van der Waals surface area contributed by atoms with Crippen LogP contribution in [0.4, 0.5) is 0 Å². The summed E-state index contributed by atoms with van der Waals surface area (Å²) in [5.41, 5.74) is 3.08. The molecule has 1 aromatic heterocycles. The van der Waals surface area contributed by atoms with Crippen LogP contribution in [-0.2, 0) is 0 Å². The molecule has 0 atom stereocenters. The van der Waals surface area contributed by atoms with Crippen LogP contribution in [0.1, 0.15) is 11.1 Å². The van der Waals surface area contributed by atoms with Crippen molar-refractivity contribution in [3.63, 3.8) is 0 Å². The predicted octanol–water partition coefficient (Wildman–Crippen LogP) is 3.97. The van der Waals surface area contributed by atoms with E-state index in [1.54, 1.807) is 23.6 Å².